The van der Waals surface area contributed by atoms with Crippen LogP contribution in [0.1, 0.15) is 19.8 Å². The molecule has 1 aromatic carbocycles. The van der Waals surface area contributed by atoms with Crippen LogP contribution in [-0.2, 0) is 4.79 Å². The van der Waals surface area contributed by atoms with Crippen molar-refractivity contribution in [2.24, 2.45) is 0 Å². The molecule has 0 bridgehead atoms. The first kappa shape index (κ1) is 8.78. The Balaban J connectivity index is 0.00000144. The highest BCUT2D eigenvalue weighted by Gasteiger charge is 2.02. The third-order valence-electron chi connectivity index (χ3n) is 1.88. The Morgan fingerprint density at radius 2 is 2.17 bits per heavy atom. The summed E-state index contributed by atoms with van der Waals surface area (Å²) in [5, 5.41) is 2.67. The van der Waals surface area contributed by atoms with Crippen LogP contribution in [0.25, 0.3) is 0 Å². The fourth-order valence-electron chi connectivity index (χ4n) is 1.12. The van der Waals surface area contributed by atoms with Crippen LogP contribution in [-0.4, -0.2) is 13.0 Å². The molecule has 2 nitrogen and oxygen atoms in total. The third-order valence-corrected chi connectivity index (χ3v) is 1.88. The highest BCUT2D eigenvalue weighted by atomic mass is 16.1. The molecule has 66 valence electrons. The monoisotopic (exact) mass is 165 g/mol. The zero-order valence-corrected chi connectivity index (χ0v) is 7.16. The molecule has 1 N–H and O–H groups in total. The van der Waals surface area contributed by atoms with E-state index in [4.69, 9.17) is 0 Å². The van der Waals surface area contributed by atoms with Gasteiger partial charge in [-0.1, -0.05) is 37.3 Å². The van der Waals surface area contributed by atoms with Crippen LogP contribution in [0.3, 0.4) is 0 Å². The molecule has 0 fully saturated rings. The van der Waals surface area contributed by atoms with Gasteiger partial charge in [-0.3, -0.25) is 4.79 Å². The van der Waals surface area contributed by atoms with Crippen molar-refractivity contribution in [2.45, 2.75) is 12.8 Å². The van der Waals surface area contributed by atoms with Gasteiger partial charge < -0.3 is 5.32 Å². The molecule has 1 aromatic rings. The molecule has 1 atom stereocenters. The van der Waals surface area contributed by atoms with Crippen molar-refractivity contribution in [3.63, 3.8) is 0 Å². The van der Waals surface area contributed by atoms with Gasteiger partial charge in [0.05, 0.1) is 0 Å². The maximum Gasteiger partial charge on any atom is 0.207 e. The predicted octanol–water partition coefficient (Wildman–Crippen LogP) is 1.78. The Bertz CT molecular complexity index is 238. The second-order valence-electron chi connectivity index (χ2n) is 2.84. The van der Waals surface area contributed by atoms with Gasteiger partial charge in [0.15, 0.2) is 0 Å². The largest absolute Gasteiger partial charge is 0.358 e. The fourth-order valence-corrected chi connectivity index (χ4v) is 1.12. The molecule has 1 rings (SSSR count). The summed E-state index contributed by atoms with van der Waals surface area (Å²) >= 11 is 0. The lowest BCUT2D eigenvalue weighted by molar-refractivity contribution is -0.109. The van der Waals surface area contributed by atoms with Crippen LogP contribution in [0.2, 0.25) is 0 Å². The highest BCUT2D eigenvalue weighted by molar-refractivity contribution is 5.46. The van der Waals surface area contributed by atoms with Crippen LogP contribution in [0.15, 0.2) is 30.3 Å². The van der Waals surface area contributed by atoms with Crippen molar-refractivity contribution in [3.8, 4) is 0 Å². The van der Waals surface area contributed by atoms with Crippen molar-refractivity contribution in [1.82, 2.24) is 5.32 Å². The van der Waals surface area contributed by atoms with Gasteiger partial charge in [-0.05, 0) is 11.5 Å². The number of rotatable bonds is 4. The van der Waals surface area contributed by atoms with Gasteiger partial charge in [0, 0.05) is 7.97 Å². The number of carbonyl (C=O) groups is 1. The molecular weight excluding hydrogens is 150 g/mol. The average molecular weight is 165 g/mol. The van der Waals surface area contributed by atoms with Crippen molar-refractivity contribution in [1.29, 1.82) is 0 Å². The molecule has 12 heavy (non-hydrogen) atoms. The summed E-state index contributed by atoms with van der Waals surface area (Å²) in [6.45, 7) is 2.79. The van der Waals surface area contributed by atoms with Crippen LogP contribution in [0.4, 0.5) is 0 Å². The van der Waals surface area contributed by atoms with E-state index in [1.807, 2.05) is 18.2 Å². The average Bonchev–Trinajstić information content (AvgIpc) is 2.15. The normalized spacial score (nSPS) is 12.1. The first-order valence-corrected chi connectivity index (χ1v) is 4.06. The molecular formula is C10H15NO. The van der Waals surface area contributed by atoms with E-state index in [0.717, 1.165) is 6.41 Å². The predicted molar refractivity (Wildman–Crippen MR) is 51.0 cm³/mol. The zero-order valence-electron chi connectivity index (χ0n) is 7.16. The summed E-state index contributed by atoms with van der Waals surface area (Å²) in [4.78, 5) is 10.0. The quantitative estimate of drug-likeness (QED) is 0.677. The first-order valence-electron chi connectivity index (χ1n) is 4.06. The van der Waals surface area contributed by atoms with Crippen molar-refractivity contribution < 1.29 is 6.22 Å². The van der Waals surface area contributed by atoms with Gasteiger partial charge in [-0.25, -0.2) is 0 Å². The maximum absolute atomic E-state index is 10.0. The summed E-state index contributed by atoms with van der Waals surface area (Å²) < 4.78 is 0. The smallest absolute Gasteiger partial charge is 0.207 e. The molecule has 0 radical (unpaired) electrons. The first-order chi connectivity index (χ1) is 5.84. The Labute approximate surface area is 74.1 Å². The van der Waals surface area contributed by atoms with Gasteiger partial charge >= 0.3 is 0 Å². The second kappa shape index (κ2) is 4.54. The Hall–Kier alpha value is -1.31. The van der Waals surface area contributed by atoms with Crippen molar-refractivity contribution in [3.05, 3.63) is 35.9 Å². The van der Waals surface area contributed by atoms with E-state index in [0.29, 0.717) is 12.5 Å². The molecule has 0 spiro atoms. The summed E-state index contributed by atoms with van der Waals surface area (Å²) in [6.07, 6.45) is 0.736. The molecule has 0 saturated heterocycles. The topological polar surface area (TPSA) is 29.1 Å². The van der Waals surface area contributed by atoms with Crippen molar-refractivity contribution >= 4 is 6.41 Å². The van der Waals surface area contributed by atoms with E-state index in [1.54, 1.807) is 0 Å². The van der Waals surface area contributed by atoms with E-state index in [2.05, 4.69) is 24.4 Å². The van der Waals surface area contributed by atoms with Gasteiger partial charge in [-0.2, -0.15) is 0 Å². The summed E-state index contributed by atoms with van der Waals surface area (Å²) in [6, 6.07) is 10.1. The lowest BCUT2D eigenvalue weighted by Gasteiger charge is -2.09. The van der Waals surface area contributed by atoms with Crippen LogP contribution >= 0.6 is 0 Å². The van der Waals surface area contributed by atoms with Crippen LogP contribution < -0.4 is 5.32 Å². The van der Waals surface area contributed by atoms with E-state index < -0.39 is 0 Å². The minimum Gasteiger partial charge on any atom is -0.358 e. The zero-order chi connectivity index (χ0) is 8.81. The summed E-state index contributed by atoms with van der Waals surface area (Å²) in [7, 11) is 0. The molecule has 0 aliphatic carbocycles. The standard InChI is InChI=1S/C10H13NO.H2/c1-9(7-11-8-12)10-5-3-2-4-6-10;/h2-6,8-9H,7H2,1H3,(H,11,12);1H/t9-;/m0./s1. The van der Waals surface area contributed by atoms with Crippen LogP contribution in [0.5, 0.6) is 0 Å². The molecule has 0 aromatic heterocycles. The second-order valence-corrected chi connectivity index (χ2v) is 2.84. The molecule has 0 unspecified atom stereocenters. The number of nitrogens with one attached hydrogen (secondary N) is 1. The summed E-state index contributed by atoms with van der Waals surface area (Å²) in [5.74, 6) is 0.386. The molecule has 0 aliphatic rings. The maximum atomic E-state index is 10.0. The lowest BCUT2D eigenvalue weighted by atomic mass is 10.0. The SMILES string of the molecule is C[C@@H](CNC=O)c1ccccc1.[HH]. The van der Waals surface area contributed by atoms with E-state index in [9.17, 15) is 4.79 Å². The molecule has 1 amide bonds. The van der Waals surface area contributed by atoms with Gasteiger partial charge in [0.25, 0.3) is 0 Å². The number of carbonyl (C=O) groups excluding carboxylic acids is 1. The number of hydrogen-bond donors (Lipinski definition) is 1. The molecule has 0 aliphatic heterocycles. The van der Waals surface area contributed by atoms with Gasteiger partial charge in [0.2, 0.25) is 6.41 Å². The fraction of sp³-hybridized carbons (Fsp3) is 0.300. The number of amides is 1. The van der Waals surface area contributed by atoms with E-state index in [-0.39, 0.29) is 1.43 Å². The Morgan fingerprint density at radius 3 is 2.75 bits per heavy atom. The van der Waals surface area contributed by atoms with Crippen LogP contribution in [0, 0.1) is 0 Å². The Morgan fingerprint density at radius 1 is 1.50 bits per heavy atom. The lowest BCUT2D eigenvalue weighted by Crippen LogP contribution is -2.17. The molecule has 0 heterocycles. The van der Waals surface area contributed by atoms with Gasteiger partial charge in [0.1, 0.15) is 0 Å². The Kier molecular flexibility index (Phi) is 3.33. The minimum absolute atomic E-state index is 0. The molecule has 0 saturated carbocycles. The van der Waals surface area contributed by atoms with Gasteiger partial charge in [-0.15, -0.1) is 0 Å². The third kappa shape index (κ3) is 2.38. The summed E-state index contributed by atoms with van der Waals surface area (Å²) in [5.41, 5.74) is 1.26. The molecule has 2 heteroatoms. The highest BCUT2D eigenvalue weighted by Crippen LogP contribution is 2.12. The minimum atomic E-state index is 0. The van der Waals surface area contributed by atoms with E-state index >= 15 is 0 Å². The van der Waals surface area contributed by atoms with Crippen molar-refractivity contribution in [2.75, 3.05) is 6.54 Å². The number of hydrogen-bond acceptors (Lipinski definition) is 1. The number of benzene rings is 1. The van der Waals surface area contributed by atoms with E-state index in [1.165, 1.54) is 5.56 Å².